The zero-order valence-electron chi connectivity index (χ0n) is 14.8. The number of anilines is 1. The lowest BCUT2D eigenvalue weighted by Gasteiger charge is -2.32. The van der Waals surface area contributed by atoms with Crippen molar-refractivity contribution in [2.75, 3.05) is 24.5 Å². The predicted octanol–water partition coefficient (Wildman–Crippen LogP) is 4.60. The summed E-state index contributed by atoms with van der Waals surface area (Å²) in [6.07, 6.45) is 4.81. The van der Waals surface area contributed by atoms with Gasteiger partial charge in [0.2, 0.25) is 0 Å². The van der Waals surface area contributed by atoms with Gasteiger partial charge in [-0.25, -0.2) is 0 Å². The van der Waals surface area contributed by atoms with Crippen molar-refractivity contribution >= 4 is 34.8 Å². The van der Waals surface area contributed by atoms with Crippen LogP contribution < -0.4 is 10.2 Å². The van der Waals surface area contributed by atoms with Crippen molar-refractivity contribution in [3.05, 3.63) is 57.8 Å². The highest BCUT2D eigenvalue weighted by Gasteiger charge is 2.18. The number of benzene rings is 1. The maximum Gasteiger partial charge on any atom is 0.269 e. The molecule has 1 aliphatic rings. The van der Waals surface area contributed by atoms with E-state index in [9.17, 15) is 4.79 Å². The summed E-state index contributed by atoms with van der Waals surface area (Å²) >= 11 is 12.1. The fourth-order valence-corrected chi connectivity index (χ4v) is 3.79. The van der Waals surface area contributed by atoms with Gasteiger partial charge in [0.05, 0.1) is 0 Å². The van der Waals surface area contributed by atoms with Crippen LogP contribution in [0.5, 0.6) is 0 Å². The molecule has 1 aromatic heterocycles. The SMILES string of the molecule is CC1CCCN(c2ccnc(C(=O)NCCc3ccc(Cl)cc3Cl)c2)C1. The predicted molar refractivity (Wildman–Crippen MR) is 107 cm³/mol. The summed E-state index contributed by atoms with van der Waals surface area (Å²) in [7, 11) is 0. The Balaban J connectivity index is 1.58. The van der Waals surface area contributed by atoms with Crippen molar-refractivity contribution in [3.8, 4) is 0 Å². The van der Waals surface area contributed by atoms with Gasteiger partial charge in [0, 0.05) is 41.6 Å². The van der Waals surface area contributed by atoms with E-state index in [4.69, 9.17) is 23.2 Å². The van der Waals surface area contributed by atoms with Gasteiger partial charge < -0.3 is 10.2 Å². The van der Waals surface area contributed by atoms with E-state index in [2.05, 4.69) is 22.1 Å². The molecule has 1 fully saturated rings. The molecule has 1 aromatic carbocycles. The smallest absolute Gasteiger partial charge is 0.269 e. The van der Waals surface area contributed by atoms with E-state index in [0.29, 0.717) is 34.6 Å². The van der Waals surface area contributed by atoms with Gasteiger partial charge in [0.25, 0.3) is 5.91 Å². The molecule has 1 aliphatic heterocycles. The average molecular weight is 392 g/mol. The topological polar surface area (TPSA) is 45.2 Å². The number of rotatable bonds is 5. The van der Waals surface area contributed by atoms with Crippen molar-refractivity contribution in [2.45, 2.75) is 26.2 Å². The molecule has 0 saturated carbocycles. The Labute approximate surface area is 164 Å². The molecule has 0 bridgehead atoms. The number of nitrogens with zero attached hydrogens (tertiary/aromatic N) is 2. The van der Waals surface area contributed by atoms with Crippen molar-refractivity contribution in [1.82, 2.24) is 10.3 Å². The lowest BCUT2D eigenvalue weighted by molar-refractivity contribution is 0.0949. The van der Waals surface area contributed by atoms with E-state index in [-0.39, 0.29) is 5.91 Å². The molecular weight excluding hydrogens is 369 g/mol. The van der Waals surface area contributed by atoms with Crippen LogP contribution in [0.3, 0.4) is 0 Å². The van der Waals surface area contributed by atoms with Crippen LogP contribution in [0.2, 0.25) is 10.0 Å². The van der Waals surface area contributed by atoms with Crippen LogP contribution in [0, 0.1) is 5.92 Å². The Hall–Kier alpha value is -1.78. The lowest BCUT2D eigenvalue weighted by Crippen LogP contribution is -2.34. The van der Waals surface area contributed by atoms with Crippen molar-refractivity contribution in [1.29, 1.82) is 0 Å². The lowest BCUT2D eigenvalue weighted by atomic mass is 10.00. The molecule has 1 N–H and O–H groups in total. The van der Waals surface area contributed by atoms with Crippen LogP contribution in [-0.4, -0.2) is 30.5 Å². The van der Waals surface area contributed by atoms with Gasteiger partial charge in [0.1, 0.15) is 5.69 Å². The van der Waals surface area contributed by atoms with E-state index in [1.807, 2.05) is 18.2 Å². The van der Waals surface area contributed by atoms with Gasteiger partial charge in [-0.05, 0) is 55.0 Å². The number of nitrogens with one attached hydrogen (secondary N) is 1. The maximum atomic E-state index is 12.4. The van der Waals surface area contributed by atoms with Crippen molar-refractivity contribution in [3.63, 3.8) is 0 Å². The molecule has 6 heteroatoms. The van der Waals surface area contributed by atoms with Crippen LogP contribution in [-0.2, 0) is 6.42 Å². The van der Waals surface area contributed by atoms with Gasteiger partial charge in [-0.15, -0.1) is 0 Å². The average Bonchev–Trinajstić information content (AvgIpc) is 2.63. The highest BCUT2D eigenvalue weighted by atomic mass is 35.5. The van der Waals surface area contributed by atoms with Gasteiger partial charge in [-0.2, -0.15) is 0 Å². The molecule has 0 aliphatic carbocycles. The number of hydrogen-bond acceptors (Lipinski definition) is 3. The summed E-state index contributed by atoms with van der Waals surface area (Å²) in [5.74, 6) is 0.514. The first kappa shape index (κ1) is 19.0. The molecule has 138 valence electrons. The summed E-state index contributed by atoms with van der Waals surface area (Å²) in [5.41, 5.74) is 2.47. The molecule has 3 rings (SSSR count). The minimum atomic E-state index is -0.165. The number of carbonyl (C=O) groups excluding carboxylic acids is 1. The number of aromatic nitrogens is 1. The summed E-state index contributed by atoms with van der Waals surface area (Å²) < 4.78 is 0. The second kappa shape index (κ2) is 8.74. The van der Waals surface area contributed by atoms with E-state index in [1.165, 1.54) is 12.8 Å². The molecule has 0 spiro atoms. The first-order valence-corrected chi connectivity index (χ1v) is 9.71. The largest absolute Gasteiger partial charge is 0.371 e. The molecule has 2 aromatic rings. The van der Waals surface area contributed by atoms with Gasteiger partial charge in [-0.1, -0.05) is 36.2 Å². The molecular formula is C20H23Cl2N3O. The second-order valence-corrected chi connectivity index (χ2v) is 7.68. The Morgan fingerprint density at radius 3 is 2.92 bits per heavy atom. The summed E-state index contributed by atoms with van der Waals surface area (Å²) in [5, 5.41) is 4.14. The molecule has 1 atom stereocenters. The van der Waals surface area contributed by atoms with Crippen LogP contribution in [0.1, 0.15) is 35.8 Å². The maximum absolute atomic E-state index is 12.4. The summed E-state index contributed by atoms with van der Waals surface area (Å²) in [4.78, 5) is 19.0. The third-order valence-corrected chi connectivity index (χ3v) is 5.28. The van der Waals surface area contributed by atoms with E-state index >= 15 is 0 Å². The molecule has 26 heavy (non-hydrogen) atoms. The first-order valence-electron chi connectivity index (χ1n) is 8.96. The number of pyridine rings is 1. The third-order valence-electron chi connectivity index (χ3n) is 4.69. The highest BCUT2D eigenvalue weighted by Crippen LogP contribution is 2.23. The molecule has 4 nitrogen and oxygen atoms in total. The van der Waals surface area contributed by atoms with Crippen LogP contribution in [0.25, 0.3) is 0 Å². The molecule has 1 saturated heterocycles. The van der Waals surface area contributed by atoms with Crippen LogP contribution >= 0.6 is 23.2 Å². The molecule has 1 unspecified atom stereocenters. The number of halogens is 2. The van der Waals surface area contributed by atoms with Crippen molar-refractivity contribution < 1.29 is 4.79 Å². The highest BCUT2D eigenvalue weighted by molar-refractivity contribution is 6.35. The number of piperidine rings is 1. The van der Waals surface area contributed by atoms with Gasteiger partial charge >= 0.3 is 0 Å². The zero-order chi connectivity index (χ0) is 18.5. The fourth-order valence-electron chi connectivity index (χ4n) is 3.29. The van der Waals surface area contributed by atoms with E-state index < -0.39 is 0 Å². The van der Waals surface area contributed by atoms with Crippen molar-refractivity contribution in [2.24, 2.45) is 5.92 Å². The first-order chi connectivity index (χ1) is 12.5. The third kappa shape index (κ3) is 4.89. The standard InChI is InChI=1S/C20H23Cl2N3O/c1-14-3-2-10-25(13-14)17-7-9-23-19(12-17)20(26)24-8-6-15-4-5-16(21)11-18(15)22/h4-5,7,9,11-12,14H,2-3,6,8,10,13H2,1H3,(H,24,26). The van der Waals surface area contributed by atoms with Gasteiger partial charge in [0.15, 0.2) is 0 Å². The zero-order valence-corrected chi connectivity index (χ0v) is 16.4. The Morgan fingerprint density at radius 1 is 1.31 bits per heavy atom. The number of hydrogen-bond donors (Lipinski definition) is 1. The van der Waals surface area contributed by atoms with Crippen LogP contribution in [0.4, 0.5) is 5.69 Å². The summed E-state index contributed by atoms with van der Waals surface area (Å²) in [6.45, 7) is 4.82. The second-order valence-electron chi connectivity index (χ2n) is 6.83. The van der Waals surface area contributed by atoms with E-state index in [0.717, 1.165) is 24.3 Å². The Kier molecular flexibility index (Phi) is 6.38. The Morgan fingerprint density at radius 2 is 2.15 bits per heavy atom. The quantitative estimate of drug-likeness (QED) is 0.809. The molecule has 1 amide bonds. The van der Waals surface area contributed by atoms with E-state index in [1.54, 1.807) is 18.3 Å². The Bertz CT molecular complexity index is 781. The van der Waals surface area contributed by atoms with Crippen LogP contribution in [0.15, 0.2) is 36.5 Å². The minimum Gasteiger partial charge on any atom is -0.371 e. The fraction of sp³-hybridized carbons (Fsp3) is 0.400. The molecule has 0 radical (unpaired) electrons. The minimum absolute atomic E-state index is 0.165. The summed E-state index contributed by atoms with van der Waals surface area (Å²) in [6, 6.07) is 9.25. The monoisotopic (exact) mass is 391 g/mol. The number of carbonyl (C=O) groups is 1. The number of amides is 1. The van der Waals surface area contributed by atoms with Gasteiger partial charge in [-0.3, -0.25) is 9.78 Å². The normalized spacial score (nSPS) is 17.2. The molecule has 2 heterocycles.